The highest BCUT2D eigenvalue weighted by atomic mass is 35.5. The molecule has 1 atom stereocenters. The molecule has 0 unspecified atom stereocenters. The fourth-order valence-corrected chi connectivity index (χ4v) is 3.53. The summed E-state index contributed by atoms with van der Waals surface area (Å²) in [6, 6.07) is 11.3. The molecule has 1 heterocycles. The van der Waals surface area contributed by atoms with E-state index in [1.807, 2.05) is 7.05 Å². The van der Waals surface area contributed by atoms with E-state index in [9.17, 15) is 14.3 Å². The van der Waals surface area contributed by atoms with E-state index in [0.717, 1.165) is 19.5 Å². The fourth-order valence-electron chi connectivity index (χ4n) is 3.35. The first-order chi connectivity index (χ1) is 12.0. The van der Waals surface area contributed by atoms with Crippen molar-refractivity contribution >= 4 is 23.4 Å². The van der Waals surface area contributed by atoms with Crippen LogP contribution in [-0.2, 0) is 0 Å². The van der Waals surface area contributed by atoms with Crippen molar-refractivity contribution in [3.05, 3.63) is 53.3 Å². The van der Waals surface area contributed by atoms with Gasteiger partial charge in [0.25, 0.3) is 0 Å². The van der Waals surface area contributed by atoms with Gasteiger partial charge in [-0.1, -0.05) is 29.8 Å². The van der Waals surface area contributed by atoms with Crippen molar-refractivity contribution in [1.82, 2.24) is 4.90 Å². The van der Waals surface area contributed by atoms with E-state index in [2.05, 4.69) is 4.90 Å². The molecule has 1 amide bonds. The van der Waals surface area contributed by atoms with Crippen LogP contribution in [0.25, 0.3) is 11.1 Å². The highest BCUT2D eigenvalue weighted by Gasteiger charge is 2.27. The monoisotopic (exact) mass is 362 g/mol. The van der Waals surface area contributed by atoms with Crippen LogP contribution >= 0.6 is 11.6 Å². The maximum atomic E-state index is 14.3. The molecule has 1 saturated heterocycles. The molecule has 1 N–H and O–H groups in total. The van der Waals surface area contributed by atoms with Crippen LogP contribution < -0.4 is 4.90 Å². The summed E-state index contributed by atoms with van der Waals surface area (Å²) in [5, 5.41) is 10.1. The largest absolute Gasteiger partial charge is 0.465 e. The van der Waals surface area contributed by atoms with Crippen LogP contribution in [0.15, 0.2) is 42.5 Å². The number of hydrogen-bond donors (Lipinski definition) is 1. The summed E-state index contributed by atoms with van der Waals surface area (Å²) < 4.78 is 14.3. The smallest absolute Gasteiger partial charge is 0.411 e. The second-order valence-electron chi connectivity index (χ2n) is 6.45. The van der Waals surface area contributed by atoms with E-state index >= 15 is 0 Å². The molecule has 1 aliphatic heterocycles. The number of carbonyl (C=O) groups is 1. The van der Waals surface area contributed by atoms with Gasteiger partial charge < -0.3 is 10.0 Å². The number of para-hydroxylation sites is 1. The lowest BCUT2D eigenvalue weighted by Gasteiger charge is -2.25. The SMILES string of the molecule is CN1CC[C@@H](CN(C(=O)O)c2ccccc2-c2cc(Cl)ccc2F)C1. The molecule has 2 aromatic carbocycles. The standard InChI is InChI=1S/C19H20ClFN2O2/c1-22-9-8-13(11-22)12-23(19(24)25)18-5-3-2-4-15(18)16-10-14(20)6-7-17(16)21/h2-7,10,13H,8-9,11-12H2,1H3,(H,24,25)/t13-/m1/s1. The van der Waals surface area contributed by atoms with Crippen molar-refractivity contribution in [2.75, 3.05) is 31.6 Å². The Morgan fingerprint density at radius 3 is 2.76 bits per heavy atom. The highest BCUT2D eigenvalue weighted by Crippen LogP contribution is 2.35. The predicted molar refractivity (Wildman–Crippen MR) is 97.8 cm³/mol. The summed E-state index contributed by atoms with van der Waals surface area (Å²) in [7, 11) is 2.03. The van der Waals surface area contributed by atoms with Crippen LogP contribution in [0.3, 0.4) is 0 Å². The van der Waals surface area contributed by atoms with Gasteiger partial charge in [0.05, 0.1) is 5.69 Å². The Hall–Kier alpha value is -2.11. The van der Waals surface area contributed by atoms with Crippen LogP contribution in [0.1, 0.15) is 6.42 Å². The Morgan fingerprint density at radius 2 is 2.08 bits per heavy atom. The van der Waals surface area contributed by atoms with Gasteiger partial charge in [-0.25, -0.2) is 9.18 Å². The van der Waals surface area contributed by atoms with E-state index in [4.69, 9.17) is 11.6 Å². The maximum absolute atomic E-state index is 14.3. The molecule has 0 aliphatic carbocycles. The summed E-state index contributed by atoms with van der Waals surface area (Å²) in [6.45, 7) is 2.21. The molecule has 0 spiro atoms. The molecule has 2 aromatic rings. The van der Waals surface area contributed by atoms with E-state index in [1.54, 1.807) is 24.3 Å². The number of halogens is 2. The molecular weight excluding hydrogens is 343 g/mol. The summed E-state index contributed by atoms with van der Waals surface area (Å²) >= 11 is 6.01. The summed E-state index contributed by atoms with van der Waals surface area (Å²) in [4.78, 5) is 15.4. The second-order valence-corrected chi connectivity index (χ2v) is 6.89. The van der Waals surface area contributed by atoms with Crippen molar-refractivity contribution in [1.29, 1.82) is 0 Å². The molecule has 1 fully saturated rings. The van der Waals surface area contributed by atoms with Gasteiger partial charge in [0.15, 0.2) is 0 Å². The Balaban J connectivity index is 2.00. The van der Waals surface area contributed by atoms with E-state index in [1.165, 1.54) is 23.1 Å². The van der Waals surface area contributed by atoms with Crippen LogP contribution in [0, 0.1) is 11.7 Å². The molecule has 0 saturated carbocycles. The maximum Gasteiger partial charge on any atom is 0.411 e. The lowest BCUT2D eigenvalue weighted by Crippen LogP contribution is -2.35. The number of nitrogens with zero attached hydrogens (tertiary/aromatic N) is 2. The number of rotatable bonds is 4. The molecule has 0 bridgehead atoms. The third-order valence-corrected chi connectivity index (χ3v) is 4.81. The van der Waals surface area contributed by atoms with Crippen molar-refractivity contribution in [2.45, 2.75) is 6.42 Å². The first-order valence-corrected chi connectivity index (χ1v) is 8.57. The molecule has 0 aromatic heterocycles. The lowest BCUT2D eigenvalue weighted by molar-refractivity contribution is 0.200. The third kappa shape index (κ3) is 3.94. The molecule has 0 radical (unpaired) electrons. The lowest BCUT2D eigenvalue weighted by atomic mass is 10.0. The Labute approximate surface area is 151 Å². The molecule has 4 nitrogen and oxygen atoms in total. The zero-order chi connectivity index (χ0) is 18.0. The number of anilines is 1. The van der Waals surface area contributed by atoms with Gasteiger partial charge in [-0.15, -0.1) is 0 Å². The molecule has 3 rings (SSSR count). The van der Waals surface area contributed by atoms with E-state index < -0.39 is 11.9 Å². The fraction of sp³-hybridized carbons (Fsp3) is 0.316. The Bertz CT molecular complexity index is 784. The number of benzene rings is 2. The minimum atomic E-state index is -1.04. The van der Waals surface area contributed by atoms with Gasteiger partial charge in [-0.2, -0.15) is 0 Å². The van der Waals surface area contributed by atoms with Gasteiger partial charge in [0.2, 0.25) is 0 Å². The van der Waals surface area contributed by atoms with Gasteiger partial charge in [-0.05, 0) is 50.2 Å². The second kappa shape index (κ2) is 7.42. The van der Waals surface area contributed by atoms with Gasteiger partial charge in [0.1, 0.15) is 5.82 Å². The zero-order valence-corrected chi connectivity index (χ0v) is 14.7. The van der Waals surface area contributed by atoms with Crippen molar-refractivity contribution in [3.8, 4) is 11.1 Å². The number of amides is 1. The van der Waals surface area contributed by atoms with Crippen molar-refractivity contribution in [2.24, 2.45) is 5.92 Å². The molecule has 1 aliphatic rings. The van der Waals surface area contributed by atoms with Crippen LogP contribution in [0.4, 0.5) is 14.9 Å². The predicted octanol–water partition coefficient (Wildman–Crippen LogP) is 4.58. The molecular formula is C19H20ClFN2O2. The molecule has 132 valence electrons. The Kier molecular flexibility index (Phi) is 5.25. The average molecular weight is 363 g/mol. The van der Waals surface area contributed by atoms with E-state index in [-0.39, 0.29) is 5.92 Å². The number of likely N-dealkylation sites (tertiary alicyclic amines) is 1. The van der Waals surface area contributed by atoms with E-state index in [0.29, 0.717) is 28.4 Å². The van der Waals surface area contributed by atoms with Crippen molar-refractivity contribution < 1.29 is 14.3 Å². The molecule has 25 heavy (non-hydrogen) atoms. The minimum absolute atomic E-state index is 0.262. The quantitative estimate of drug-likeness (QED) is 0.865. The Morgan fingerprint density at radius 1 is 1.32 bits per heavy atom. The first kappa shape index (κ1) is 17.7. The highest BCUT2D eigenvalue weighted by molar-refractivity contribution is 6.30. The van der Waals surface area contributed by atoms with Crippen LogP contribution in [0.2, 0.25) is 5.02 Å². The average Bonchev–Trinajstić information content (AvgIpc) is 3.00. The van der Waals surface area contributed by atoms with Gasteiger partial charge in [-0.3, -0.25) is 4.90 Å². The zero-order valence-electron chi connectivity index (χ0n) is 14.0. The first-order valence-electron chi connectivity index (χ1n) is 8.19. The topological polar surface area (TPSA) is 43.8 Å². The summed E-state index contributed by atoms with van der Waals surface area (Å²) in [6.07, 6.45) is -0.0852. The molecule has 6 heteroatoms. The summed E-state index contributed by atoms with van der Waals surface area (Å²) in [5.41, 5.74) is 1.31. The van der Waals surface area contributed by atoms with Crippen LogP contribution in [-0.4, -0.2) is 42.8 Å². The van der Waals surface area contributed by atoms with Crippen molar-refractivity contribution in [3.63, 3.8) is 0 Å². The number of hydrogen-bond acceptors (Lipinski definition) is 2. The number of carboxylic acid groups (broad SMARTS) is 1. The third-order valence-electron chi connectivity index (χ3n) is 4.57. The van der Waals surface area contributed by atoms with Crippen LogP contribution in [0.5, 0.6) is 0 Å². The minimum Gasteiger partial charge on any atom is -0.465 e. The normalized spacial score (nSPS) is 17.6. The summed E-state index contributed by atoms with van der Waals surface area (Å²) in [5.74, 6) is -0.166. The van der Waals surface area contributed by atoms with Gasteiger partial charge in [0, 0.05) is 29.2 Å². The van der Waals surface area contributed by atoms with Gasteiger partial charge >= 0.3 is 6.09 Å².